The highest BCUT2D eigenvalue weighted by Crippen LogP contribution is 2.43. The second kappa shape index (κ2) is 5.87. The van der Waals surface area contributed by atoms with E-state index < -0.39 is 5.60 Å². The average Bonchev–Trinajstić information content (AvgIpc) is 2.40. The summed E-state index contributed by atoms with van der Waals surface area (Å²) in [6.45, 7) is 4.15. The molecule has 1 fully saturated rings. The van der Waals surface area contributed by atoms with Crippen molar-refractivity contribution in [2.45, 2.75) is 51.6 Å². The molecule has 19 heavy (non-hydrogen) atoms. The van der Waals surface area contributed by atoms with Crippen LogP contribution in [-0.4, -0.2) is 10.9 Å². The minimum atomic E-state index is -0.746. The Balaban J connectivity index is 2.09. The molecule has 0 radical (unpaired) electrons. The first kappa shape index (κ1) is 14.3. The molecule has 0 saturated heterocycles. The van der Waals surface area contributed by atoms with Gasteiger partial charge in [0.2, 0.25) is 0 Å². The quantitative estimate of drug-likeness (QED) is 0.896. The Bertz CT molecular complexity index is 426. The molecule has 1 saturated carbocycles. The number of hydrogen-bond donors (Lipinski definition) is 1. The molecular formula is C17H24O2. The largest absolute Gasteiger partial charge is 0.385 e. The molecule has 0 unspecified atom stereocenters. The normalized spacial score (nSPS) is 31.1. The maximum Gasteiger partial charge on any atom is 0.136 e. The lowest BCUT2D eigenvalue weighted by atomic mass is 9.68. The minimum absolute atomic E-state index is 0.143. The molecule has 1 aliphatic carbocycles. The summed E-state index contributed by atoms with van der Waals surface area (Å²) in [4.78, 5) is 12.1. The van der Waals surface area contributed by atoms with Gasteiger partial charge in [0.15, 0.2) is 0 Å². The topological polar surface area (TPSA) is 37.3 Å². The summed E-state index contributed by atoms with van der Waals surface area (Å²) in [6.07, 6.45) is 3.80. The van der Waals surface area contributed by atoms with E-state index in [-0.39, 0.29) is 11.8 Å². The summed E-state index contributed by atoms with van der Waals surface area (Å²) >= 11 is 0. The van der Waals surface area contributed by atoms with Crippen LogP contribution in [0.15, 0.2) is 30.3 Å². The van der Waals surface area contributed by atoms with Gasteiger partial charge < -0.3 is 5.11 Å². The Morgan fingerprint density at radius 3 is 2.63 bits per heavy atom. The van der Waals surface area contributed by atoms with Crippen LogP contribution in [0.5, 0.6) is 0 Å². The van der Waals surface area contributed by atoms with E-state index in [9.17, 15) is 9.90 Å². The van der Waals surface area contributed by atoms with E-state index >= 15 is 0 Å². The maximum atomic E-state index is 12.1. The fourth-order valence-electron chi connectivity index (χ4n) is 3.38. The summed E-state index contributed by atoms with van der Waals surface area (Å²) in [5.74, 6) is 0.784. The van der Waals surface area contributed by atoms with E-state index in [4.69, 9.17) is 0 Å². The van der Waals surface area contributed by atoms with Crippen molar-refractivity contribution in [1.29, 1.82) is 0 Å². The first-order valence-corrected chi connectivity index (χ1v) is 7.37. The molecule has 104 valence electrons. The van der Waals surface area contributed by atoms with Crippen LogP contribution in [0.2, 0.25) is 0 Å². The smallest absolute Gasteiger partial charge is 0.136 e. The monoisotopic (exact) mass is 260 g/mol. The van der Waals surface area contributed by atoms with E-state index in [1.54, 1.807) is 0 Å². The molecule has 1 N–H and O–H groups in total. The molecule has 0 aromatic heterocycles. The third-order valence-electron chi connectivity index (χ3n) is 4.44. The predicted octanol–water partition coefficient (Wildman–Crippen LogP) is 3.68. The molecule has 1 aliphatic rings. The van der Waals surface area contributed by atoms with Crippen molar-refractivity contribution in [1.82, 2.24) is 0 Å². The highest BCUT2D eigenvalue weighted by Gasteiger charge is 2.40. The van der Waals surface area contributed by atoms with Crippen LogP contribution in [0, 0.1) is 11.8 Å². The third kappa shape index (κ3) is 3.06. The number of benzene rings is 1. The highest BCUT2D eigenvalue weighted by molar-refractivity contribution is 5.81. The molecule has 2 rings (SSSR count). The van der Waals surface area contributed by atoms with Crippen LogP contribution in [0.25, 0.3) is 0 Å². The van der Waals surface area contributed by atoms with Gasteiger partial charge in [-0.1, -0.05) is 44.2 Å². The van der Waals surface area contributed by atoms with Gasteiger partial charge in [0.05, 0.1) is 5.60 Å². The van der Waals surface area contributed by atoms with Gasteiger partial charge >= 0.3 is 0 Å². The number of rotatable bonds is 4. The summed E-state index contributed by atoms with van der Waals surface area (Å²) in [5.41, 5.74) is 0.243. The highest BCUT2D eigenvalue weighted by atomic mass is 16.3. The molecule has 1 aromatic rings. The molecule has 0 bridgehead atoms. The zero-order valence-corrected chi connectivity index (χ0v) is 11.9. The van der Waals surface area contributed by atoms with Crippen molar-refractivity contribution in [3.63, 3.8) is 0 Å². The average molecular weight is 260 g/mol. The standard InChI is InChI=1S/C17H24O2/c1-3-7-16(18)15-10-11-17(19,12-13(15)2)14-8-5-4-6-9-14/h4-6,8-9,13,15,19H,3,7,10-12H2,1-2H3/t13-,15-,17+/m0/s1. The summed E-state index contributed by atoms with van der Waals surface area (Å²) < 4.78 is 0. The van der Waals surface area contributed by atoms with Crippen LogP contribution >= 0.6 is 0 Å². The van der Waals surface area contributed by atoms with Crippen LogP contribution in [0.3, 0.4) is 0 Å². The number of hydrogen-bond acceptors (Lipinski definition) is 2. The van der Waals surface area contributed by atoms with Crippen molar-refractivity contribution in [2.24, 2.45) is 11.8 Å². The van der Waals surface area contributed by atoms with E-state index in [0.717, 1.165) is 18.4 Å². The molecule has 0 amide bonds. The zero-order valence-electron chi connectivity index (χ0n) is 11.9. The van der Waals surface area contributed by atoms with Crippen molar-refractivity contribution in [3.05, 3.63) is 35.9 Å². The Labute approximate surface area is 115 Å². The van der Waals surface area contributed by atoms with Gasteiger partial charge in [0.1, 0.15) is 5.78 Å². The van der Waals surface area contributed by atoms with Crippen LogP contribution in [-0.2, 0) is 10.4 Å². The Kier molecular flexibility index (Phi) is 4.41. The van der Waals surface area contributed by atoms with Crippen LogP contribution < -0.4 is 0 Å². The lowest BCUT2D eigenvalue weighted by Gasteiger charge is -2.40. The number of carbonyl (C=O) groups excluding carboxylic acids is 1. The Morgan fingerprint density at radius 2 is 2.05 bits per heavy atom. The van der Waals surface area contributed by atoms with E-state index in [2.05, 4.69) is 6.92 Å². The van der Waals surface area contributed by atoms with Gasteiger partial charge in [-0.15, -0.1) is 0 Å². The molecule has 0 aliphatic heterocycles. The van der Waals surface area contributed by atoms with E-state index in [1.165, 1.54) is 0 Å². The first-order valence-electron chi connectivity index (χ1n) is 7.37. The third-order valence-corrected chi connectivity index (χ3v) is 4.44. The molecular weight excluding hydrogens is 236 g/mol. The van der Waals surface area contributed by atoms with Gasteiger partial charge in [-0.2, -0.15) is 0 Å². The summed E-state index contributed by atoms with van der Waals surface area (Å²) in [6, 6.07) is 9.87. The molecule has 2 heteroatoms. The van der Waals surface area contributed by atoms with Gasteiger partial charge in [0, 0.05) is 12.3 Å². The maximum absolute atomic E-state index is 12.1. The van der Waals surface area contributed by atoms with E-state index in [1.807, 2.05) is 37.3 Å². The fourth-order valence-corrected chi connectivity index (χ4v) is 3.38. The fraction of sp³-hybridized carbons (Fsp3) is 0.588. The predicted molar refractivity (Wildman–Crippen MR) is 76.8 cm³/mol. The molecule has 0 heterocycles. The van der Waals surface area contributed by atoms with Crippen molar-refractivity contribution < 1.29 is 9.90 Å². The second-order valence-corrected chi connectivity index (χ2v) is 5.94. The molecule has 2 nitrogen and oxygen atoms in total. The van der Waals surface area contributed by atoms with Crippen molar-refractivity contribution >= 4 is 5.78 Å². The van der Waals surface area contributed by atoms with Gasteiger partial charge in [-0.25, -0.2) is 0 Å². The van der Waals surface area contributed by atoms with Crippen molar-refractivity contribution in [2.75, 3.05) is 0 Å². The van der Waals surface area contributed by atoms with E-state index in [0.29, 0.717) is 25.0 Å². The number of Topliss-reactive ketones (excluding diaryl/α,β-unsaturated/α-hetero) is 1. The lowest BCUT2D eigenvalue weighted by Crippen LogP contribution is -2.38. The Morgan fingerprint density at radius 1 is 1.37 bits per heavy atom. The molecule has 3 atom stereocenters. The number of aliphatic hydroxyl groups is 1. The molecule has 0 spiro atoms. The first-order chi connectivity index (χ1) is 9.07. The van der Waals surface area contributed by atoms with Crippen LogP contribution in [0.4, 0.5) is 0 Å². The van der Waals surface area contributed by atoms with Gasteiger partial charge in [0.25, 0.3) is 0 Å². The zero-order chi connectivity index (χ0) is 13.9. The SMILES string of the molecule is CCCC(=O)[C@H]1CC[C@](O)(c2ccccc2)C[C@@H]1C. The van der Waals surface area contributed by atoms with Gasteiger partial charge in [-0.3, -0.25) is 4.79 Å². The minimum Gasteiger partial charge on any atom is -0.385 e. The summed E-state index contributed by atoms with van der Waals surface area (Å²) in [5, 5.41) is 10.8. The summed E-state index contributed by atoms with van der Waals surface area (Å²) in [7, 11) is 0. The van der Waals surface area contributed by atoms with Crippen LogP contribution in [0.1, 0.15) is 51.5 Å². The van der Waals surface area contributed by atoms with Gasteiger partial charge in [-0.05, 0) is 37.2 Å². The number of ketones is 1. The second-order valence-electron chi connectivity index (χ2n) is 5.94. The molecule has 1 aromatic carbocycles. The number of carbonyl (C=O) groups is 1. The van der Waals surface area contributed by atoms with Crippen molar-refractivity contribution in [3.8, 4) is 0 Å². The lowest BCUT2D eigenvalue weighted by molar-refractivity contribution is -0.129. The Hall–Kier alpha value is -1.15.